The van der Waals surface area contributed by atoms with Crippen LogP contribution in [0, 0.1) is 5.92 Å². The standard InChI is InChI=1S/C29H50N4O4/c1-7-11-24(20(3)8-2)32-18-23-16-15-22-13-9-12-21(26(22)37-23)14-10-17-31-25(34)19-33-28(35)27(30-6)29(4,5)36/h9,12-13,20,23-24,27,30,32,36H,7-8,10-11,14-19H2,1-6H3,(H,31,34)(H,33,35). The molecule has 4 unspecified atom stereocenters. The van der Waals surface area contributed by atoms with Gasteiger partial charge in [-0.15, -0.1) is 0 Å². The highest BCUT2D eigenvalue weighted by Crippen LogP contribution is 2.32. The van der Waals surface area contributed by atoms with Crippen LogP contribution in [0.15, 0.2) is 18.2 Å². The summed E-state index contributed by atoms with van der Waals surface area (Å²) in [7, 11) is 1.60. The molecule has 4 atom stereocenters. The Morgan fingerprint density at radius 1 is 1.22 bits per heavy atom. The highest BCUT2D eigenvalue weighted by Gasteiger charge is 2.32. The van der Waals surface area contributed by atoms with Crippen molar-refractivity contribution in [2.75, 3.05) is 26.7 Å². The van der Waals surface area contributed by atoms with E-state index < -0.39 is 17.6 Å². The Balaban J connectivity index is 1.81. The number of ether oxygens (including phenoxy) is 1. The molecule has 1 aliphatic heterocycles. The average molecular weight is 519 g/mol. The molecule has 0 spiro atoms. The minimum absolute atomic E-state index is 0.124. The number of amides is 2. The number of carbonyl (C=O) groups is 2. The van der Waals surface area contributed by atoms with Crippen LogP contribution in [-0.4, -0.2) is 67.4 Å². The number of benzene rings is 1. The summed E-state index contributed by atoms with van der Waals surface area (Å²) in [5, 5.41) is 22.1. The maximum atomic E-state index is 12.2. The molecule has 1 aliphatic rings. The number of rotatable bonds is 16. The zero-order valence-corrected chi connectivity index (χ0v) is 23.8. The SMILES string of the molecule is CCCC(NCC1CCc2cccc(CCCNC(=O)CNC(=O)C(NC)C(C)(C)O)c2O1)C(C)CC. The van der Waals surface area contributed by atoms with Gasteiger partial charge in [-0.2, -0.15) is 0 Å². The van der Waals surface area contributed by atoms with Gasteiger partial charge in [0.15, 0.2) is 0 Å². The first kappa shape index (κ1) is 31.1. The predicted molar refractivity (Wildman–Crippen MR) is 149 cm³/mol. The third-order valence-corrected chi connectivity index (χ3v) is 7.36. The van der Waals surface area contributed by atoms with Crippen LogP contribution in [0.3, 0.4) is 0 Å². The molecule has 8 nitrogen and oxygen atoms in total. The number of nitrogens with one attached hydrogen (secondary N) is 4. The first-order valence-electron chi connectivity index (χ1n) is 14.0. The molecule has 1 heterocycles. The van der Waals surface area contributed by atoms with Crippen molar-refractivity contribution in [2.24, 2.45) is 5.92 Å². The molecular formula is C29H50N4O4. The van der Waals surface area contributed by atoms with Gasteiger partial charge in [-0.05, 0) is 70.0 Å². The number of para-hydroxylation sites is 1. The quantitative estimate of drug-likeness (QED) is 0.215. The zero-order chi connectivity index (χ0) is 27.4. The van der Waals surface area contributed by atoms with E-state index in [2.05, 4.69) is 60.2 Å². The molecule has 0 aromatic heterocycles. The third-order valence-electron chi connectivity index (χ3n) is 7.36. The minimum Gasteiger partial charge on any atom is -0.489 e. The van der Waals surface area contributed by atoms with Crippen LogP contribution < -0.4 is 26.0 Å². The monoisotopic (exact) mass is 518 g/mol. The molecule has 0 bridgehead atoms. The van der Waals surface area contributed by atoms with Crippen LogP contribution in [0.5, 0.6) is 5.75 Å². The molecule has 5 N–H and O–H groups in total. The van der Waals surface area contributed by atoms with Crippen molar-refractivity contribution >= 4 is 11.8 Å². The van der Waals surface area contributed by atoms with Gasteiger partial charge in [-0.25, -0.2) is 0 Å². The van der Waals surface area contributed by atoms with Gasteiger partial charge in [-0.1, -0.05) is 51.8 Å². The van der Waals surface area contributed by atoms with Crippen molar-refractivity contribution in [3.05, 3.63) is 29.3 Å². The first-order chi connectivity index (χ1) is 17.6. The minimum atomic E-state index is -1.23. The van der Waals surface area contributed by atoms with Crippen LogP contribution >= 0.6 is 0 Å². The highest BCUT2D eigenvalue weighted by atomic mass is 16.5. The summed E-state index contributed by atoms with van der Waals surface area (Å²) in [5.41, 5.74) is 1.21. The van der Waals surface area contributed by atoms with E-state index in [0.717, 1.165) is 38.0 Å². The van der Waals surface area contributed by atoms with E-state index in [-0.39, 0.29) is 18.6 Å². The van der Waals surface area contributed by atoms with Crippen LogP contribution in [0.1, 0.15) is 77.8 Å². The lowest BCUT2D eigenvalue weighted by Crippen LogP contribution is -2.56. The van der Waals surface area contributed by atoms with E-state index in [1.807, 2.05) is 0 Å². The van der Waals surface area contributed by atoms with Gasteiger partial charge in [0.2, 0.25) is 11.8 Å². The zero-order valence-electron chi connectivity index (χ0n) is 23.8. The normalized spacial score (nSPS) is 17.8. The predicted octanol–water partition coefficient (Wildman–Crippen LogP) is 2.71. The number of aliphatic hydroxyl groups is 1. The van der Waals surface area contributed by atoms with E-state index in [1.54, 1.807) is 20.9 Å². The fourth-order valence-corrected chi connectivity index (χ4v) is 4.98. The van der Waals surface area contributed by atoms with Crippen molar-refractivity contribution in [3.63, 3.8) is 0 Å². The molecule has 0 fully saturated rings. The molecule has 0 radical (unpaired) electrons. The molecule has 210 valence electrons. The van der Waals surface area contributed by atoms with E-state index in [4.69, 9.17) is 4.74 Å². The molecule has 2 amide bonds. The van der Waals surface area contributed by atoms with Crippen LogP contribution in [0.4, 0.5) is 0 Å². The summed E-state index contributed by atoms with van der Waals surface area (Å²) in [6, 6.07) is 6.09. The summed E-state index contributed by atoms with van der Waals surface area (Å²) in [6.07, 6.45) is 7.34. The Kier molecular flexibility index (Phi) is 12.8. The maximum absolute atomic E-state index is 12.2. The molecule has 1 aromatic rings. The summed E-state index contributed by atoms with van der Waals surface area (Å²) in [6.45, 7) is 11.2. The number of aryl methyl sites for hydroxylation is 2. The van der Waals surface area contributed by atoms with Gasteiger partial charge < -0.3 is 31.1 Å². The molecule has 0 saturated carbocycles. The molecule has 0 saturated heterocycles. The second-order valence-electron chi connectivity index (χ2n) is 10.9. The largest absolute Gasteiger partial charge is 0.489 e. The Labute approximate surface area is 223 Å². The maximum Gasteiger partial charge on any atom is 0.240 e. The molecule has 37 heavy (non-hydrogen) atoms. The number of hydrogen-bond donors (Lipinski definition) is 5. The smallest absolute Gasteiger partial charge is 0.240 e. The average Bonchev–Trinajstić information content (AvgIpc) is 2.86. The second-order valence-corrected chi connectivity index (χ2v) is 10.9. The summed E-state index contributed by atoms with van der Waals surface area (Å²) in [5.74, 6) is 1.01. The van der Waals surface area contributed by atoms with Gasteiger partial charge in [0.1, 0.15) is 17.9 Å². The van der Waals surface area contributed by atoms with Crippen molar-refractivity contribution in [1.82, 2.24) is 21.3 Å². The number of fused-ring (bicyclic) bond motifs is 1. The summed E-state index contributed by atoms with van der Waals surface area (Å²) >= 11 is 0. The summed E-state index contributed by atoms with van der Waals surface area (Å²) in [4.78, 5) is 24.4. The van der Waals surface area contributed by atoms with Crippen LogP contribution in [0.2, 0.25) is 0 Å². The fraction of sp³-hybridized carbons (Fsp3) is 0.724. The fourth-order valence-electron chi connectivity index (χ4n) is 4.98. The third kappa shape index (κ3) is 9.91. The molecule has 2 rings (SSSR count). The van der Waals surface area contributed by atoms with Crippen molar-refractivity contribution in [1.29, 1.82) is 0 Å². The van der Waals surface area contributed by atoms with Crippen molar-refractivity contribution in [3.8, 4) is 5.75 Å². The van der Waals surface area contributed by atoms with Crippen LogP contribution in [0.25, 0.3) is 0 Å². The highest BCUT2D eigenvalue weighted by molar-refractivity contribution is 5.88. The lowest BCUT2D eigenvalue weighted by Gasteiger charge is -2.31. The van der Waals surface area contributed by atoms with Crippen LogP contribution in [-0.2, 0) is 22.4 Å². The first-order valence-corrected chi connectivity index (χ1v) is 14.0. The lowest BCUT2D eigenvalue weighted by atomic mass is 9.94. The Bertz CT molecular complexity index is 855. The van der Waals surface area contributed by atoms with E-state index in [0.29, 0.717) is 18.5 Å². The van der Waals surface area contributed by atoms with Gasteiger partial charge in [0, 0.05) is 19.1 Å². The van der Waals surface area contributed by atoms with E-state index in [9.17, 15) is 14.7 Å². The van der Waals surface area contributed by atoms with Gasteiger partial charge in [-0.3, -0.25) is 9.59 Å². The van der Waals surface area contributed by atoms with E-state index in [1.165, 1.54) is 30.4 Å². The van der Waals surface area contributed by atoms with Crippen molar-refractivity contribution in [2.45, 2.75) is 103 Å². The molecule has 0 aliphatic carbocycles. The number of likely N-dealkylation sites (N-methyl/N-ethyl adjacent to an activating group) is 1. The van der Waals surface area contributed by atoms with E-state index >= 15 is 0 Å². The number of hydrogen-bond acceptors (Lipinski definition) is 6. The Hall–Kier alpha value is -2.16. The molecule has 8 heteroatoms. The number of carbonyl (C=O) groups excluding carboxylic acids is 2. The lowest BCUT2D eigenvalue weighted by molar-refractivity contribution is -0.131. The second kappa shape index (κ2) is 15.3. The Morgan fingerprint density at radius 2 is 1.97 bits per heavy atom. The molecule has 1 aromatic carbocycles. The van der Waals surface area contributed by atoms with Gasteiger partial charge in [0.05, 0.1) is 12.1 Å². The van der Waals surface area contributed by atoms with Gasteiger partial charge >= 0.3 is 0 Å². The Morgan fingerprint density at radius 3 is 2.62 bits per heavy atom. The summed E-state index contributed by atoms with van der Waals surface area (Å²) < 4.78 is 6.48. The van der Waals surface area contributed by atoms with Crippen molar-refractivity contribution < 1.29 is 19.4 Å². The molecular weight excluding hydrogens is 468 g/mol. The van der Waals surface area contributed by atoms with Gasteiger partial charge in [0.25, 0.3) is 0 Å². The topological polar surface area (TPSA) is 112 Å².